The first-order chi connectivity index (χ1) is 9.56. The van der Waals surface area contributed by atoms with E-state index in [1.807, 2.05) is 51.1 Å². The van der Waals surface area contributed by atoms with Crippen LogP contribution in [0.5, 0.6) is 0 Å². The lowest BCUT2D eigenvalue weighted by atomic mass is 10.1. The number of carbonyl (C=O) groups is 1. The van der Waals surface area contributed by atoms with Crippen LogP contribution in [0.2, 0.25) is 0 Å². The first kappa shape index (κ1) is 15.0. The van der Waals surface area contributed by atoms with Crippen LogP contribution >= 0.6 is 23.1 Å². The molecule has 1 amide bonds. The number of hydrogen-bond acceptors (Lipinski definition) is 5. The zero-order valence-electron chi connectivity index (χ0n) is 11.7. The van der Waals surface area contributed by atoms with Crippen molar-refractivity contribution in [3.05, 3.63) is 40.9 Å². The van der Waals surface area contributed by atoms with Gasteiger partial charge in [-0.1, -0.05) is 53.4 Å². The maximum Gasteiger partial charge on any atom is 0.238 e. The van der Waals surface area contributed by atoms with Gasteiger partial charge in [-0.15, -0.1) is 10.2 Å². The minimum absolute atomic E-state index is 0.00375. The van der Waals surface area contributed by atoms with Crippen LogP contribution in [0, 0.1) is 6.92 Å². The van der Waals surface area contributed by atoms with Crippen molar-refractivity contribution >= 4 is 29.0 Å². The molecule has 2 aromatic rings. The van der Waals surface area contributed by atoms with E-state index in [0.717, 1.165) is 14.9 Å². The molecule has 106 valence electrons. The van der Waals surface area contributed by atoms with Gasteiger partial charge >= 0.3 is 0 Å². The number of aromatic nitrogens is 2. The Morgan fingerprint density at radius 1 is 1.25 bits per heavy atom. The third kappa shape index (κ3) is 4.05. The van der Waals surface area contributed by atoms with Crippen molar-refractivity contribution in [2.24, 2.45) is 0 Å². The van der Waals surface area contributed by atoms with Gasteiger partial charge in [0.05, 0.1) is 0 Å². The molecule has 0 saturated carbocycles. The Labute approximate surface area is 127 Å². The second-order valence-electron chi connectivity index (χ2n) is 4.66. The molecule has 0 aliphatic heterocycles. The van der Waals surface area contributed by atoms with Gasteiger partial charge in [0.25, 0.3) is 0 Å². The quantitative estimate of drug-likeness (QED) is 0.862. The average Bonchev–Trinajstić information content (AvgIpc) is 2.81. The normalized spacial score (nSPS) is 12.4. The van der Waals surface area contributed by atoms with Crippen LogP contribution in [0.25, 0.3) is 0 Å². The fourth-order valence-electron chi connectivity index (χ4n) is 1.69. The Hall–Kier alpha value is -1.40. The van der Waals surface area contributed by atoms with E-state index >= 15 is 0 Å². The van der Waals surface area contributed by atoms with Gasteiger partial charge in [0.2, 0.25) is 5.91 Å². The van der Waals surface area contributed by atoms with Crippen molar-refractivity contribution in [3.63, 3.8) is 0 Å². The predicted octanol–water partition coefficient (Wildman–Crippen LogP) is 3.20. The van der Waals surface area contributed by atoms with E-state index in [1.54, 1.807) is 0 Å². The van der Waals surface area contributed by atoms with Gasteiger partial charge in [0.15, 0.2) is 4.34 Å². The monoisotopic (exact) mass is 307 g/mol. The van der Waals surface area contributed by atoms with Crippen LogP contribution < -0.4 is 5.32 Å². The summed E-state index contributed by atoms with van der Waals surface area (Å²) in [6, 6.07) is 9.87. The van der Waals surface area contributed by atoms with Crippen LogP contribution in [0.3, 0.4) is 0 Å². The van der Waals surface area contributed by atoms with Gasteiger partial charge in [-0.25, -0.2) is 0 Å². The van der Waals surface area contributed by atoms with Crippen LogP contribution in [0.1, 0.15) is 29.7 Å². The average molecular weight is 307 g/mol. The topological polar surface area (TPSA) is 54.9 Å². The number of nitrogens with one attached hydrogen (secondary N) is 1. The first-order valence-corrected chi connectivity index (χ1v) is 8.08. The van der Waals surface area contributed by atoms with Gasteiger partial charge in [0, 0.05) is 6.04 Å². The van der Waals surface area contributed by atoms with Gasteiger partial charge in [-0.2, -0.15) is 0 Å². The van der Waals surface area contributed by atoms with Crippen LogP contribution in [0.4, 0.5) is 0 Å². The summed E-state index contributed by atoms with van der Waals surface area (Å²) in [4.78, 5) is 12.4. The molecule has 6 heteroatoms. The Morgan fingerprint density at radius 2 is 1.95 bits per heavy atom. The molecule has 0 aliphatic carbocycles. The lowest BCUT2D eigenvalue weighted by Crippen LogP contribution is -2.33. The maximum absolute atomic E-state index is 12.4. The number of thioether (sulfide) groups is 1. The number of rotatable bonds is 5. The summed E-state index contributed by atoms with van der Waals surface area (Å²) >= 11 is 2.95. The number of amides is 1. The lowest BCUT2D eigenvalue weighted by Gasteiger charge is -2.17. The van der Waals surface area contributed by atoms with Crippen molar-refractivity contribution in [2.75, 3.05) is 0 Å². The van der Waals surface area contributed by atoms with Gasteiger partial charge < -0.3 is 5.32 Å². The third-order valence-electron chi connectivity index (χ3n) is 2.50. The highest BCUT2D eigenvalue weighted by atomic mass is 32.2. The molecular weight excluding hydrogens is 290 g/mol. The number of nitrogens with zero attached hydrogens (tertiary/aromatic N) is 2. The molecule has 2 rings (SSSR count). The van der Waals surface area contributed by atoms with Crippen molar-refractivity contribution in [2.45, 2.75) is 36.4 Å². The van der Waals surface area contributed by atoms with E-state index in [2.05, 4.69) is 15.5 Å². The molecule has 1 heterocycles. The number of aryl methyl sites for hydroxylation is 1. The second kappa shape index (κ2) is 6.85. The van der Waals surface area contributed by atoms with Crippen molar-refractivity contribution in [1.29, 1.82) is 0 Å². The summed E-state index contributed by atoms with van der Waals surface area (Å²) < 4.78 is 0.815. The summed E-state index contributed by atoms with van der Waals surface area (Å²) in [6.45, 7) is 5.83. The molecule has 1 aromatic carbocycles. The fourth-order valence-corrected chi connectivity index (χ4v) is 3.70. The molecule has 0 aliphatic rings. The Balaban J connectivity index is 2.22. The molecule has 0 radical (unpaired) electrons. The Kier molecular flexibility index (Phi) is 5.14. The molecule has 1 atom stereocenters. The van der Waals surface area contributed by atoms with Crippen molar-refractivity contribution in [1.82, 2.24) is 15.5 Å². The zero-order valence-corrected chi connectivity index (χ0v) is 13.3. The van der Waals surface area contributed by atoms with E-state index in [1.165, 1.54) is 23.1 Å². The molecule has 0 saturated heterocycles. The largest absolute Gasteiger partial charge is 0.353 e. The van der Waals surface area contributed by atoms with Crippen LogP contribution in [-0.4, -0.2) is 22.1 Å². The lowest BCUT2D eigenvalue weighted by molar-refractivity contribution is -0.121. The zero-order chi connectivity index (χ0) is 14.5. The SMILES string of the molecule is Cc1nnc(SC(C(=O)NC(C)C)c2ccccc2)s1. The first-order valence-electron chi connectivity index (χ1n) is 6.38. The van der Waals surface area contributed by atoms with Gasteiger partial charge in [-0.3, -0.25) is 4.79 Å². The number of carbonyl (C=O) groups excluding carboxylic acids is 1. The highest BCUT2D eigenvalue weighted by Crippen LogP contribution is 2.36. The predicted molar refractivity (Wildman–Crippen MR) is 83.0 cm³/mol. The van der Waals surface area contributed by atoms with E-state index in [9.17, 15) is 4.79 Å². The summed E-state index contributed by atoms with van der Waals surface area (Å²) in [5.74, 6) is 0.00375. The van der Waals surface area contributed by atoms with Crippen molar-refractivity contribution in [3.8, 4) is 0 Å². The van der Waals surface area contributed by atoms with E-state index in [4.69, 9.17) is 0 Å². The van der Waals surface area contributed by atoms with E-state index in [0.29, 0.717) is 0 Å². The van der Waals surface area contributed by atoms with Crippen LogP contribution in [-0.2, 0) is 4.79 Å². The highest BCUT2D eigenvalue weighted by molar-refractivity contribution is 8.01. The minimum Gasteiger partial charge on any atom is -0.353 e. The molecular formula is C14H17N3OS2. The third-order valence-corrected chi connectivity index (χ3v) is 4.67. The fraction of sp³-hybridized carbons (Fsp3) is 0.357. The smallest absolute Gasteiger partial charge is 0.238 e. The molecule has 20 heavy (non-hydrogen) atoms. The molecule has 1 aromatic heterocycles. The van der Waals surface area contributed by atoms with Gasteiger partial charge in [0.1, 0.15) is 10.3 Å². The standard InChI is InChI=1S/C14H17N3OS2/c1-9(2)15-13(18)12(11-7-5-4-6-8-11)20-14-17-16-10(3)19-14/h4-9,12H,1-3H3,(H,15,18). The number of benzene rings is 1. The summed E-state index contributed by atoms with van der Waals surface area (Å²) in [5.41, 5.74) is 0.975. The Morgan fingerprint density at radius 3 is 2.50 bits per heavy atom. The van der Waals surface area contributed by atoms with Crippen molar-refractivity contribution < 1.29 is 4.79 Å². The second-order valence-corrected chi connectivity index (χ2v) is 7.19. The van der Waals surface area contributed by atoms with E-state index in [-0.39, 0.29) is 17.2 Å². The molecule has 0 bridgehead atoms. The Bertz CT molecular complexity index is 569. The molecule has 0 spiro atoms. The number of hydrogen-bond donors (Lipinski definition) is 1. The molecule has 0 fully saturated rings. The summed E-state index contributed by atoms with van der Waals surface area (Å²) in [6.07, 6.45) is 0. The molecule has 4 nitrogen and oxygen atoms in total. The summed E-state index contributed by atoms with van der Waals surface area (Å²) in [7, 11) is 0. The minimum atomic E-state index is -0.300. The molecule has 1 unspecified atom stereocenters. The van der Waals surface area contributed by atoms with Crippen LogP contribution in [0.15, 0.2) is 34.7 Å². The van der Waals surface area contributed by atoms with Gasteiger partial charge in [-0.05, 0) is 26.3 Å². The highest BCUT2D eigenvalue weighted by Gasteiger charge is 2.23. The maximum atomic E-state index is 12.4. The summed E-state index contributed by atoms with van der Waals surface area (Å²) in [5, 5.41) is 11.7. The van der Waals surface area contributed by atoms with E-state index < -0.39 is 0 Å². The molecule has 1 N–H and O–H groups in total.